The summed E-state index contributed by atoms with van der Waals surface area (Å²) in [6.45, 7) is 0.951. The van der Waals surface area contributed by atoms with Gasteiger partial charge in [0.25, 0.3) is 6.43 Å². The SMILES string of the molecule is O=CCC1CCN(c2cc(F)c([C@@H]3c4[nH]c5ccccc5c4CCN3CC(F)F)c(F)c2)CC1. The number of para-hydroxylation sites is 1. The lowest BCUT2D eigenvalue weighted by Crippen LogP contribution is -2.40. The van der Waals surface area contributed by atoms with Gasteiger partial charge in [-0.2, -0.15) is 0 Å². The number of H-pyrrole nitrogens is 1. The summed E-state index contributed by atoms with van der Waals surface area (Å²) in [5.41, 5.74) is 2.57. The van der Waals surface area contributed by atoms with Crippen LogP contribution in [0.2, 0.25) is 0 Å². The molecule has 2 aromatic carbocycles. The first-order valence-corrected chi connectivity index (χ1v) is 11.8. The van der Waals surface area contributed by atoms with E-state index in [9.17, 15) is 13.6 Å². The van der Waals surface area contributed by atoms with Crippen molar-refractivity contribution in [2.45, 2.75) is 38.2 Å². The molecular weight excluding hydrogens is 446 g/mol. The van der Waals surface area contributed by atoms with Crippen molar-refractivity contribution in [1.29, 1.82) is 0 Å². The second-order valence-electron chi connectivity index (χ2n) is 9.26. The average molecular weight is 474 g/mol. The summed E-state index contributed by atoms with van der Waals surface area (Å²) in [4.78, 5) is 17.4. The Balaban J connectivity index is 1.53. The van der Waals surface area contributed by atoms with Crippen molar-refractivity contribution < 1.29 is 22.4 Å². The van der Waals surface area contributed by atoms with Gasteiger partial charge in [0.05, 0.1) is 12.6 Å². The van der Waals surface area contributed by atoms with Gasteiger partial charge in [0.15, 0.2) is 0 Å². The van der Waals surface area contributed by atoms with Gasteiger partial charge in [-0.3, -0.25) is 4.90 Å². The molecule has 8 heteroatoms. The summed E-state index contributed by atoms with van der Waals surface area (Å²) in [5, 5.41) is 0.954. The Hall–Kier alpha value is -2.87. The number of carbonyl (C=O) groups is 1. The van der Waals surface area contributed by atoms with Crippen LogP contribution < -0.4 is 4.90 Å². The Morgan fingerprint density at radius 3 is 2.44 bits per heavy atom. The third kappa shape index (κ3) is 4.19. The van der Waals surface area contributed by atoms with E-state index in [1.807, 2.05) is 29.2 Å². The zero-order valence-corrected chi connectivity index (χ0v) is 18.7. The molecule has 0 bridgehead atoms. The maximum atomic E-state index is 15.6. The molecule has 0 spiro atoms. The summed E-state index contributed by atoms with van der Waals surface area (Å²) < 4.78 is 58.0. The molecule has 1 N–H and O–H groups in total. The number of aromatic amines is 1. The molecule has 1 saturated heterocycles. The first kappa shape index (κ1) is 22.9. The number of hydrogen-bond donors (Lipinski definition) is 1. The number of anilines is 1. The molecular formula is C26H27F4N3O. The molecule has 0 radical (unpaired) electrons. The second-order valence-corrected chi connectivity index (χ2v) is 9.26. The van der Waals surface area contributed by atoms with Gasteiger partial charge in [-0.05, 0) is 48.9 Å². The molecule has 2 aliphatic heterocycles. The number of nitrogens with zero attached hydrogens (tertiary/aromatic N) is 2. The molecule has 5 rings (SSSR count). The molecule has 2 aliphatic rings. The maximum Gasteiger partial charge on any atom is 0.251 e. The molecule has 0 amide bonds. The molecule has 1 atom stereocenters. The predicted molar refractivity (Wildman–Crippen MR) is 123 cm³/mol. The van der Waals surface area contributed by atoms with Gasteiger partial charge in [-0.15, -0.1) is 0 Å². The molecule has 0 aliphatic carbocycles. The summed E-state index contributed by atoms with van der Waals surface area (Å²) >= 11 is 0. The number of alkyl halides is 2. The van der Waals surface area contributed by atoms with E-state index < -0.39 is 30.6 Å². The van der Waals surface area contributed by atoms with Crippen molar-refractivity contribution in [2.24, 2.45) is 5.92 Å². The van der Waals surface area contributed by atoms with Crippen LogP contribution in [-0.4, -0.2) is 48.8 Å². The van der Waals surface area contributed by atoms with Crippen LogP contribution in [0.15, 0.2) is 36.4 Å². The highest BCUT2D eigenvalue weighted by molar-refractivity contribution is 5.85. The van der Waals surface area contributed by atoms with Gasteiger partial charge in [0.2, 0.25) is 0 Å². The second kappa shape index (κ2) is 9.41. The van der Waals surface area contributed by atoms with Gasteiger partial charge in [-0.1, -0.05) is 18.2 Å². The van der Waals surface area contributed by atoms with Crippen molar-refractivity contribution in [1.82, 2.24) is 9.88 Å². The third-order valence-electron chi connectivity index (χ3n) is 7.25. The Bertz CT molecular complexity index is 1160. The number of carbonyl (C=O) groups excluding carboxylic acids is 1. The lowest BCUT2D eigenvalue weighted by atomic mass is 9.91. The number of aromatic nitrogens is 1. The van der Waals surface area contributed by atoms with Gasteiger partial charge in [0.1, 0.15) is 17.9 Å². The van der Waals surface area contributed by atoms with Crippen LogP contribution in [0.4, 0.5) is 23.2 Å². The number of nitrogens with one attached hydrogen (secondary N) is 1. The minimum absolute atomic E-state index is 0.201. The fourth-order valence-corrected chi connectivity index (χ4v) is 5.57. The molecule has 34 heavy (non-hydrogen) atoms. The number of benzene rings is 2. The summed E-state index contributed by atoms with van der Waals surface area (Å²) in [6, 6.07) is 9.25. The highest BCUT2D eigenvalue weighted by atomic mass is 19.3. The summed E-state index contributed by atoms with van der Waals surface area (Å²) in [6.07, 6.45) is 0.900. The molecule has 1 aromatic heterocycles. The predicted octanol–water partition coefficient (Wildman–Crippen LogP) is 5.46. The topological polar surface area (TPSA) is 39.3 Å². The quantitative estimate of drug-likeness (QED) is 0.382. The van der Waals surface area contributed by atoms with Crippen molar-refractivity contribution in [2.75, 3.05) is 31.1 Å². The van der Waals surface area contributed by atoms with Crippen LogP contribution in [0, 0.1) is 17.6 Å². The van der Waals surface area contributed by atoms with Crippen molar-refractivity contribution >= 4 is 22.9 Å². The zero-order chi connectivity index (χ0) is 23.8. The van der Waals surface area contributed by atoms with Gasteiger partial charge in [0, 0.05) is 53.9 Å². The standard InChI is InChI=1S/C26H27F4N3O/c27-20-13-17(32-9-5-16(6-10-32)8-12-34)14-21(28)24(20)26-25-19(7-11-33(26)15-23(29)30)18-3-1-2-4-22(18)31-25/h1-4,12-14,16,23,26,31H,5-11,15H2/t26-/m1/s1. The fourth-order valence-electron chi connectivity index (χ4n) is 5.57. The molecule has 180 valence electrons. The average Bonchev–Trinajstić information content (AvgIpc) is 3.19. The maximum absolute atomic E-state index is 15.6. The van der Waals surface area contributed by atoms with Crippen LogP contribution in [0.3, 0.4) is 0 Å². The highest BCUT2D eigenvalue weighted by Crippen LogP contribution is 2.41. The molecule has 1 fully saturated rings. The number of piperidine rings is 1. The largest absolute Gasteiger partial charge is 0.371 e. The van der Waals surface area contributed by atoms with E-state index in [2.05, 4.69) is 4.98 Å². The Kier molecular flexibility index (Phi) is 6.34. The van der Waals surface area contributed by atoms with Gasteiger partial charge in [-0.25, -0.2) is 17.6 Å². The van der Waals surface area contributed by atoms with Crippen molar-refractivity contribution in [3.63, 3.8) is 0 Å². The number of fused-ring (bicyclic) bond motifs is 3. The van der Waals surface area contributed by atoms with Crippen molar-refractivity contribution in [3.8, 4) is 0 Å². The van der Waals surface area contributed by atoms with E-state index in [1.54, 1.807) is 0 Å². The smallest absolute Gasteiger partial charge is 0.251 e. The van der Waals surface area contributed by atoms with Crippen LogP contribution in [0.1, 0.15) is 42.1 Å². The van der Waals surface area contributed by atoms with E-state index >= 15 is 8.78 Å². The first-order chi connectivity index (χ1) is 16.5. The number of halogens is 4. The van der Waals surface area contributed by atoms with E-state index in [0.717, 1.165) is 35.6 Å². The normalized spacial score (nSPS) is 19.7. The lowest BCUT2D eigenvalue weighted by Gasteiger charge is -2.37. The van der Waals surface area contributed by atoms with E-state index in [0.29, 0.717) is 43.2 Å². The zero-order valence-electron chi connectivity index (χ0n) is 18.7. The Morgan fingerprint density at radius 1 is 1.06 bits per heavy atom. The Morgan fingerprint density at radius 2 is 1.76 bits per heavy atom. The minimum Gasteiger partial charge on any atom is -0.371 e. The van der Waals surface area contributed by atoms with Gasteiger partial charge >= 0.3 is 0 Å². The number of hydrogen-bond acceptors (Lipinski definition) is 3. The van der Waals surface area contributed by atoms with E-state index in [4.69, 9.17) is 0 Å². The third-order valence-corrected chi connectivity index (χ3v) is 7.25. The van der Waals surface area contributed by atoms with Crippen LogP contribution in [0.25, 0.3) is 10.9 Å². The number of aldehydes is 1. The molecule has 0 saturated carbocycles. The molecule has 3 heterocycles. The summed E-state index contributed by atoms with van der Waals surface area (Å²) in [7, 11) is 0. The fraction of sp³-hybridized carbons (Fsp3) is 0.423. The molecule has 3 aromatic rings. The van der Waals surface area contributed by atoms with E-state index in [-0.39, 0.29) is 12.1 Å². The monoisotopic (exact) mass is 473 g/mol. The van der Waals surface area contributed by atoms with Crippen molar-refractivity contribution in [3.05, 3.63) is 64.9 Å². The number of rotatable bonds is 6. The van der Waals surface area contributed by atoms with Crippen LogP contribution in [-0.2, 0) is 11.2 Å². The minimum atomic E-state index is -2.62. The van der Waals surface area contributed by atoms with Crippen LogP contribution in [0.5, 0.6) is 0 Å². The van der Waals surface area contributed by atoms with Gasteiger partial charge < -0.3 is 14.7 Å². The summed E-state index contributed by atoms with van der Waals surface area (Å²) in [5.74, 6) is -1.17. The molecule has 4 nitrogen and oxygen atoms in total. The first-order valence-electron chi connectivity index (χ1n) is 11.8. The van der Waals surface area contributed by atoms with Crippen LogP contribution >= 0.6 is 0 Å². The Labute approximate surface area is 195 Å². The highest BCUT2D eigenvalue weighted by Gasteiger charge is 2.36. The lowest BCUT2D eigenvalue weighted by molar-refractivity contribution is -0.108. The molecule has 0 unspecified atom stereocenters. The van der Waals surface area contributed by atoms with E-state index in [1.165, 1.54) is 17.0 Å².